The van der Waals surface area contributed by atoms with Crippen LogP contribution in [-0.4, -0.2) is 40.7 Å². The molecular weight excluding hydrogens is 299 g/mol. The molecule has 0 radical (unpaired) electrons. The maximum Gasteiger partial charge on any atom is 0.273 e. The standard InChI is InChI=1S/C16H21FN4O2/c1-4-23-9-5-8-18-16(22)15-12(3)21(20-19-15)13-7-6-11(2)14(17)10-13/h6-7,10H,4-5,8-9H2,1-3H3,(H,18,22). The second-order valence-electron chi connectivity index (χ2n) is 5.18. The average Bonchev–Trinajstić information content (AvgIpc) is 2.91. The Kier molecular flexibility index (Phi) is 5.81. The van der Waals surface area contributed by atoms with E-state index < -0.39 is 0 Å². The van der Waals surface area contributed by atoms with E-state index >= 15 is 0 Å². The number of halogens is 1. The molecule has 0 bridgehead atoms. The Hall–Kier alpha value is -2.28. The summed E-state index contributed by atoms with van der Waals surface area (Å²) in [6, 6.07) is 4.78. The van der Waals surface area contributed by atoms with Crippen molar-refractivity contribution in [2.24, 2.45) is 0 Å². The molecule has 23 heavy (non-hydrogen) atoms. The predicted octanol–water partition coefficient (Wildman–Crippen LogP) is 2.18. The van der Waals surface area contributed by atoms with Crippen LogP contribution in [0.4, 0.5) is 4.39 Å². The molecule has 0 spiro atoms. The quantitative estimate of drug-likeness (QED) is 0.794. The van der Waals surface area contributed by atoms with Gasteiger partial charge in [0.25, 0.3) is 5.91 Å². The summed E-state index contributed by atoms with van der Waals surface area (Å²) in [5, 5.41) is 10.6. The minimum absolute atomic E-state index is 0.238. The molecule has 1 heterocycles. The summed E-state index contributed by atoms with van der Waals surface area (Å²) in [7, 11) is 0. The van der Waals surface area contributed by atoms with E-state index in [1.807, 2.05) is 6.92 Å². The van der Waals surface area contributed by atoms with Crippen LogP contribution in [0.5, 0.6) is 0 Å². The molecule has 7 heteroatoms. The van der Waals surface area contributed by atoms with Crippen LogP contribution in [0.3, 0.4) is 0 Å². The molecular formula is C16H21FN4O2. The van der Waals surface area contributed by atoms with Crippen molar-refractivity contribution in [2.75, 3.05) is 19.8 Å². The molecule has 2 aromatic rings. The van der Waals surface area contributed by atoms with Gasteiger partial charge in [-0.15, -0.1) is 5.10 Å². The van der Waals surface area contributed by atoms with Crippen molar-refractivity contribution in [3.8, 4) is 5.69 Å². The first-order valence-corrected chi connectivity index (χ1v) is 7.59. The number of carbonyl (C=O) groups excluding carboxylic acids is 1. The third-order valence-electron chi connectivity index (χ3n) is 3.46. The zero-order valence-corrected chi connectivity index (χ0v) is 13.6. The fourth-order valence-corrected chi connectivity index (χ4v) is 2.10. The van der Waals surface area contributed by atoms with Crippen LogP contribution in [0.15, 0.2) is 18.2 Å². The molecule has 0 aliphatic heterocycles. The van der Waals surface area contributed by atoms with Gasteiger partial charge in [0.1, 0.15) is 5.82 Å². The van der Waals surface area contributed by atoms with Crippen LogP contribution < -0.4 is 5.32 Å². The van der Waals surface area contributed by atoms with Gasteiger partial charge in [0, 0.05) is 19.8 Å². The highest BCUT2D eigenvalue weighted by Crippen LogP contribution is 2.15. The van der Waals surface area contributed by atoms with Crippen LogP contribution in [0.2, 0.25) is 0 Å². The molecule has 0 aliphatic rings. The SMILES string of the molecule is CCOCCCNC(=O)c1nnn(-c2ccc(C)c(F)c2)c1C. The number of nitrogens with zero attached hydrogens (tertiary/aromatic N) is 3. The Balaban J connectivity index is 2.06. The first kappa shape index (κ1) is 17.1. The highest BCUT2D eigenvalue weighted by Gasteiger charge is 2.17. The number of aryl methyl sites for hydroxylation is 1. The number of ether oxygens (including phenoxy) is 1. The van der Waals surface area contributed by atoms with Gasteiger partial charge in [0.05, 0.1) is 11.4 Å². The lowest BCUT2D eigenvalue weighted by Crippen LogP contribution is -2.26. The minimum atomic E-state index is -0.320. The summed E-state index contributed by atoms with van der Waals surface area (Å²) in [6.07, 6.45) is 0.732. The molecule has 0 unspecified atom stereocenters. The third kappa shape index (κ3) is 4.13. The van der Waals surface area contributed by atoms with Gasteiger partial charge in [-0.2, -0.15) is 0 Å². The highest BCUT2D eigenvalue weighted by atomic mass is 19.1. The van der Waals surface area contributed by atoms with Crippen LogP contribution in [-0.2, 0) is 4.74 Å². The summed E-state index contributed by atoms with van der Waals surface area (Å²) in [4.78, 5) is 12.1. The predicted molar refractivity (Wildman–Crippen MR) is 84.2 cm³/mol. The fraction of sp³-hybridized carbons (Fsp3) is 0.438. The maximum atomic E-state index is 13.7. The van der Waals surface area contributed by atoms with Crippen molar-refractivity contribution in [3.05, 3.63) is 41.0 Å². The van der Waals surface area contributed by atoms with Gasteiger partial charge in [-0.3, -0.25) is 4.79 Å². The number of nitrogens with one attached hydrogen (secondary N) is 1. The molecule has 6 nitrogen and oxygen atoms in total. The van der Waals surface area contributed by atoms with E-state index in [-0.39, 0.29) is 17.4 Å². The van der Waals surface area contributed by atoms with E-state index in [1.165, 1.54) is 10.7 Å². The van der Waals surface area contributed by atoms with Gasteiger partial charge in [0.15, 0.2) is 5.69 Å². The van der Waals surface area contributed by atoms with Gasteiger partial charge < -0.3 is 10.1 Å². The van der Waals surface area contributed by atoms with Crippen molar-refractivity contribution < 1.29 is 13.9 Å². The molecule has 0 saturated carbocycles. The molecule has 1 N–H and O–H groups in total. The Morgan fingerprint density at radius 3 is 2.87 bits per heavy atom. The topological polar surface area (TPSA) is 69.0 Å². The molecule has 124 valence electrons. The normalized spacial score (nSPS) is 10.8. The molecule has 1 aromatic carbocycles. The van der Waals surface area contributed by atoms with E-state index in [0.29, 0.717) is 36.7 Å². The Bertz CT molecular complexity index is 685. The number of rotatable bonds is 7. The number of aromatic nitrogens is 3. The number of hydrogen-bond acceptors (Lipinski definition) is 4. The van der Waals surface area contributed by atoms with Crippen molar-refractivity contribution in [1.82, 2.24) is 20.3 Å². The van der Waals surface area contributed by atoms with Gasteiger partial charge in [0.2, 0.25) is 0 Å². The lowest BCUT2D eigenvalue weighted by Gasteiger charge is -2.06. The summed E-state index contributed by atoms with van der Waals surface area (Å²) in [6.45, 7) is 7.11. The van der Waals surface area contributed by atoms with Crippen LogP contribution in [0.25, 0.3) is 5.69 Å². The summed E-state index contributed by atoms with van der Waals surface area (Å²) < 4.78 is 20.3. The van der Waals surface area contributed by atoms with Crippen LogP contribution in [0.1, 0.15) is 35.1 Å². The Labute approximate surface area is 134 Å². The summed E-state index contributed by atoms with van der Waals surface area (Å²) >= 11 is 0. The van der Waals surface area contributed by atoms with Crippen molar-refractivity contribution in [1.29, 1.82) is 0 Å². The van der Waals surface area contributed by atoms with Crippen molar-refractivity contribution >= 4 is 5.91 Å². The van der Waals surface area contributed by atoms with Crippen LogP contribution >= 0.6 is 0 Å². The minimum Gasteiger partial charge on any atom is -0.382 e. The molecule has 0 fully saturated rings. The van der Waals surface area contributed by atoms with Gasteiger partial charge >= 0.3 is 0 Å². The first-order chi connectivity index (χ1) is 11.0. The third-order valence-corrected chi connectivity index (χ3v) is 3.46. The van der Waals surface area contributed by atoms with Gasteiger partial charge in [-0.05, 0) is 44.9 Å². The van der Waals surface area contributed by atoms with Gasteiger partial charge in [-0.1, -0.05) is 11.3 Å². The Morgan fingerprint density at radius 1 is 1.39 bits per heavy atom. The second kappa shape index (κ2) is 7.82. The summed E-state index contributed by atoms with van der Waals surface area (Å²) in [5.74, 6) is -0.614. The number of hydrogen-bond donors (Lipinski definition) is 1. The number of amides is 1. The Morgan fingerprint density at radius 2 is 2.17 bits per heavy atom. The van der Waals surface area contributed by atoms with Crippen LogP contribution in [0, 0.1) is 19.7 Å². The monoisotopic (exact) mass is 320 g/mol. The van der Waals surface area contributed by atoms with E-state index in [0.717, 1.165) is 6.42 Å². The zero-order chi connectivity index (χ0) is 16.8. The van der Waals surface area contributed by atoms with E-state index in [9.17, 15) is 9.18 Å². The van der Waals surface area contributed by atoms with E-state index in [4.69, 9.17) is 4.74 Å². The fourth-order valence-electron chi connectivity index (χ4n) is 2.10. The molecule has 0 saturated heterocycles. The van der Waals surface area contributed by atoms with Crippen molar-refractivity contribution in [3.63, 3.8) is 0 Å². The summed E-state index contributed by atoms with van der Waals surface area (Å²) in [5.41, 5.74) is 1.89. The van der Waals surface area contributed by atoms with E-state index in [2.05, 4.69) is 15.6 Å². The average molecular weight is 320 g/mol. The van der Waals surface area contributed by atoms with Crippen molar-refractivity contribution in [2.45, 2.75) is 27.2 Å². The molecule has 2 rings (SSSR count). The second-order valence-corrected chi connectivity index (χ2v) is 5.18. The lowest BCUT2D eigenvalue weighted by atomic mass is 10.2. The highest BCUT2D eigenvalue weighted by molar-refractivity contribution is 5.93. The number of carbonyl (C=O) groups is 1. The molecule has 1 aromatic heterocycles. The first-order valence-electron chi connectivity index (χ1n) is 7.59. The molecule has 0 atom stereocenters. The van der Waals surface area contributed by atoms with E-state index in [1.54, 1.807) is 26.0 Å². The molecule has 1 amide bonds. The molecule has 0 aliphatic carbocycles. The largest absolute Gasteiger partial charge is 0.382 e. The maximum absolute atomic E-state index is 13.7. The van der Waals surface area contributed by atoms with Gasteiger partial charge in [-0.25, -0.2) is 9.07 Å². The number of benzene rings is 1. The zero-order valence-electron chi connectivity index (χ0n) is 13.6. The lowest BCUT2D eigenvalue weighted by molar-refractivity contribution is 0.0938. The smallest absolute Gasteiger partial charge is 0.273 e.